The van der Waals surface area contributed by atoms with Crippen molar-refractivity contribution in [1.82, 2.24) is 0 Å². The first-order chi connectivity index (χ1) is 15.1. The zero-order chi connectivity index (χ0) is 21.6. The molecule has 5 rings (SSSR count). The molecule has 0 unspecified atom stereocenters. The minimum atomic E-state index is -0.759. The number of phenolic OH excluding ortho intramolecular Hbond substituents is 2. The maximum absolute atomic E-state index is 10.2. The van der Waals surface area contributed by atoms with Gasteiger partial charge in [0.1, 0.15) is 23.0 Å². The van der Waals surface area contributed by atoms with Crippen molar-refractivity contribution in [2.75, 3.05) is 14.2 Å². The monoisotopic (exact) mass is 410 g/mol. The highest BCUT2D eigenvalue weighted by Crippen LogP contribution is 2.59. The number of rotatable bonds is 4. The third-order valence-corrected chi connectivity index (χ3v) is 6.13. The Morgan fingerprint density at radius 1 is 0.548 bits per heavy atom. The van der Waals surface area contributed by atoms with Gasteiger partial charge in [-0.3, -0.25) is 0 Å². The molecule has 2 N–H and O–H groups in total. The molecule has 1 aliphatic rings. The van der Waals surface area contributed by atoms with Crippen LogP contribution in [0.4, 0.5) is 0 Å². The molecule has 0 amide bonds. The maximum atomic E-state index is 10.2. The van der Waals surface area contributed by atoms with Crippen molar-refractivity contribution in [2.24, 2.45) is 0 Å². The zero-order valence-electron chi connectivity index (χ0n) is 17.3. The molecule has 0 saturated carbocycles. The Hall–Kier alpha value is -3.92. The Labute approximate surface area is 181 Å². The van der Waals surface area contributed by atoms with Crippen molar-refractivity contribution >= 4 is 0 Å². The molecule has 154 valence electrons. The van der Waals surface area contributed by atoms with Crippen LogP contribution in [0.3, 0.4) is 0 Å². The summed E-state index contributed by atoms with van der Waals surface area (Å²) >= 11 is 0. The van der Waals surface area contributed by atoms with Gasteiger partial charge < -0.3 is 19.7 Å². The van der Waals surface area contributed by atoms with E-state index in [0.29, 0.717) is 11.5 Å². The number of ether oxygens (including phenoxy) is 2. The van der Waals surface area contributed by atoms with Crippen LogP contribution in [0.25, 0.3) is 11.1 Å². The number of aromatic hydroxyl groups is 2. The minimum Gasteiger partial charge on any atom is -0.508 e. The maximum Gasteiger partial charge on any atom is 0.127 e. The smallest absolute Gasteiger partial charge is 0.127 e. The van der Waals surface area contributed by atoms with Crippen LogP contribution in [0, 0.1) is 0 Å². The normalized spacial score (nSPS) is 13.4. The quantitative estimate of drug-likeness (QED) is 0.412. The highest BCUT2D eigenvalue weighted by Gasteiger charge is 2.49. The minimum absolute atomic E-state index is 0.132. The van der Waals surface area contributed by atoms with Gasteiger partial charge in [-0.05, 0) is 34.4 Å². The summed E-state index contributed by atoms with van der Waals surface area (Å²) in [5.41, 5.74) is 5.44. The van der Waals surface area contributed by atoms with E-state index in [1.807, 2.05) is 36.4 Å². The van der Waals surface area contributed by atoms with Gasteiger partial charge in [-0.1, -0.05) is 60.7 Å². The largest absolute Gasteiger partial charge is 0.508 e. The Bertz CT molecular complexity index is 1190. The van der Waals surface area contributed by atoms with Gasteiger partial charge in [-0.15, -0.1) is 0 Å². The van der Waals surface area contributed by atoms with Crippen LogP contribution in [0.2, 0.25) is 0 Å². The zero-order valence-corrected chi connectivity index (χ0v) is 17.3. The van der Waals surface area contributed by atoms with Crippen LogP contribution < -0.4 is 9.47 Å². The first-order valence-corrected chi connectivity index (χ1v) is 10.1. The second kappa shape index (κ2) is 7.10. The van der Waals surface area contributed by atoms with Gasteiger partial charge in [0.25, 0.3) is 0 Å². The van der Waals surface area contributed by atoms with Gasteiger partial charge in [0, 0.05) is 23.3 Å². The molecule has 4 aromatic rings. The number of fused-ring (bicyclic) bond motifs is 3. The van der Waals surface area contributed by atoms with E-state index in [1.54, 1.807) is 38.5 Å². The fraction of sp³-hybridized carbons (Fsp3) is 0.111. The summed E-state index contributed by atoms with van der Waals surface area (Å²) in [4.78, 5) is 0. The highest BCUT2D eigenvalue weighted by molar-refractivity contribution is 5.87. The van der Waals surface area contributed by atoms with Crippen molar-refractivity contribution < 1.29 is 19.7 Å². The lowest BCUT2D eigenvalue weighted by molar-refractivity contribution is 0.389. The Morgan fingerprint density at radius 2 is 0.968 bits per heavy atom. The van der Waals surface area contributed by atoms with E-state index in [2.05, 4.69) is 24.3 Å². The summed E-state index contributed by atoms with van der Waals surface area (Å²) < 4.78 is 11.5. The summed E-state index contributed by atoms with van der Waals surface area (Å²) in [6.07, 6.45) is 0. The molecule has 4 nitrogen and oxygen atoms in total. The molecule has 0 fully saturated rings. The van der Waals surface area contributed by atoms with Crippen molar-refractivity contribution in [1.29, 1.82) is 0 Å². The van der Waals surface area contributed by atoms with Crippen LogP contribution in [0.15, 0.2) is 84.9 Å². The van der Waals surface area contributed by atoms with Crippen LogP contribution in [0.5, 0.6) is 23.0 Å². The van der Waals surface area contributed by atoms with Crippen LogP contribution >= 0.6 is 0 Å². The number of hydrogen-bond donors (Lipinski definition) is 2. The Balaban J connectivity index is 2.01. The van der Waals surface area contributed by atoms with E-state index in [-0.39, 0.29) is 11.5 Å². The lowest BCUT2D eigenvalue weighted by Gasteiger charge is -2.35. The molecule has 1 aliphatic carbocycles. The van der Waals surface area contributed by atoms with Gasteiger partial charge in [-0.2, -0.15) is 0 Å². The number of methoxy groups -OCH3 is 2. The van der Waals surface area contributed by atoms with Gasteiger partial charge >= 0.3 is 0 Å². The summed E-state index contributed by atoms with van der Waals surface area (Å²) in [5.74, 6) is 1.41. The van der Waals surface area contributed by atoms with E-state index < -0.39 is 5.41 Å². The van der Waals surface area contributed by atoms with Crippen molar-refractivity contribution in [3.05, 3.63) is 107 Å². The lowest BCUT2D eigenvalue weighted by Crippen LogP contribution is -2.29. The summed E-state index contributed by atoms with van der Waals surface area (Å²) in [7, 11) is 3.21. The molecule has 0 saturated heterocycles. The van der Waals surface area contributed by atoms with Crippen molar-refractivity contribution in [3.8, 4) is 34.1 Å². The first kappa shape index (κ1) is 19.1. The molecular formula is C27H22O4. The van der Waals surface area contributed by atoms with E-state index in [9.17, 15) is 10.2 Å². The van der Waals surface area contributed by atoms with Gasteiger partial charge in [0.2, 0.25) is 0 Å². The second-order valence-electron chi connectivity index (χ2n) is 7.61. The first-order valence-electron chi connectivity index (χ1n) is 10.1. The van der Waals surface area contributed by atoms with E-state index in [0.717, 1.165) is 33.4 Å². The molecule has 0 aliphatic heterocycles. The average molecular weight is 410 g/mol. The molecule has 4 heteroatoms. The average Bonchev–Trinajstić information content (AvgIpc) is 3.10. The predicted octanol–water partition coefficient (Wildman–Crippen LogP) is 5.48. The second-order valence-corrected chi connectivity index (χ2v) is 7.61. The van der Waals surface area contributed by atoms with Crippen LogP contribution in [0.1, 0.15) is 22.3 Å². The number of phenols is 2. The highest BCUT2D eigenvalue weighted by atomic mass is 16.5. The van der Waals surface area contributed by atoms with Gasteiger partial charge in [-0.25, -0.2) is 0 Å². The van der Waals surface area contributed by atoms with Crippen molar-refractivity contribution in [2.45, 2.75) is 5.41 Å². The molecule has 0 bridgehead atoms. The van der Waals surface area contributed by atoms with Gasteiger partial charge in [0.05, 0.1) is 19.6 Å². The fourth-order valence-corrected chi connectivity index (χ4v) is 4.94. The lowest BCUT2D eigenvalue weighted by atomic mass is 9.67. The molecule has 0 spiro atoms. The summed E-state index contributed by atoms with van der Waals surface area (Å²) in [6.45, 7) is 0. The van der Waals surface area contributed by atoms with Gasteiger partial charge in [0.15, 0.2) is 0 Å². The Kier molecular flexibility index (Phi) is 4.36. The molecule has 0 heterocycles. The van der Waals surface area contributed by atoms with Crippen LogP contribution in [-0.4, -0.2) is 24.4 Å². The molecule has 31 heavy (non-hydrogen) atoms. The standard InChI is InChI=1S/C27H22O4/c1-30-25-15-17(28)11-13-23(25)27(24-14-12-18(29)16-26(24)31-2)21-9-5-3-7-19(21)20-8-4-6-10-22(20)27/h3-16,28-29H,1-2H3. The third kappa shape index (κ3) is 2.61. The molecule has 0 radical (unpaired) electrons. The van der Waals surface area contributed by atoms with E-state index >= 15 is 0 Å². The van der Waals surface area contributed by atoms with E-state index in [4.69, 9.17) is 9.47 Å². The number of hydrogen-bond acceptors (Lipinski definition) is 4. The molecule has 4 aromatic carbocycles. The topological polar surface area (TPSA) is 58.9 Å². The predicted molar refractivity (Wildman–Crippen MR) is 120 cm³/mol. The third-order valence-electron chi connectivity index (χ3n) is 6.13. The van der Waals surface area contributed by atoms with Crippen molar-refractivity contribution in [3.63, 3.8) is 0 Å². The molecule has 0 atom stereocenters. The SMILES string of the molecule is COc1cc(O)ccc1C1(c2ccc(O)cc2OC)c2ccccc2-c2ccccc21. The summed E-state index contributed by atoms with van der Waals surface area (Å²) in [5, 5.41) is 20.3. The fourth-order valence-electron chi connectivity index (χ4n) is 4.94. The number of benzene rings is 4. The molecule has 0 aromatic heterocycles. The van der Waals surface area contributed by atoms with E-state index in [1.165, 1.54) is 0 Å². The van der Waals surface area contributed by atoms with Crippen LogP contribution in [-0.2, 0) is 5.41 Å². The summed E-state index contributed by atoms with van der Waals surface area (Å²) in [6, 6.07) is 27.0. The Morgan fingerprint density at radius 3 is 1.39 bits per heavy atom. The molecular weight excluding hydrogens is 388 g/mol.